The molecule has 1 saturated carbocycles. The Morgan fingerprint density at radius 2 is 1.43 bits per heavy atom. The summed E-state index contributed by atoms with van der Waals surface area (Å²) in [4.78, 5) is 0. The zero-order valence-electron chi connectivity index (χ0n) is 10.1. The van der Waals surface area contributed by atoms with Gasteiger partial charge in [-0.2, -0.15) is 0 Å². The molecular formula is C13H26O. The highest BCUT2D eigenvalue weighted by atomic mass is 16.3. The summed E-state index contributed by atoms with van der Waals surface area (Å²) in [5, 5.41) is 10.3. The molecule has 1 fully saturated rings. The molecule has 0 aromatic rings. The monoisotopic (exact) mass is 198 g/mol. The quantitative estimate of drug-likeness (QED) is 0.726. The van der Waals surface area contributed by atoms with Crippen LogP contribution in [0, 0.1) is 5.41 Å². The molecule has 14 heavy (non-hydrogen) atoms. The van der Waals surface area contributed by atoms with Gasteiger partial charge < -0.3 is 5.11 Å². The van der Waals surface area contributed by atoms with Gasteiger partial charge in [-0.3, -0.25) is 0 Å². The Labute approximate surface area is 88.9 Å². The van der Waals surface area contributed by atoms with Crippen molar-refractivity contribution in [3.05, 3.63) is 0 Å². The van der Waals surface area contributed by atoms with Crippen LogP contribution < -0.4 is 0 Å². The molecule has 0 radical (unpaired) electrons. The van der Waals surface area contributed by atoms with Crippen LogP contribution in [0.2, 0.25) is 0 Å². The molecule has 0 unspecified atom stereocenters. The van der Waals surface area contributed by atoms with E-state index >= 15 is 0 Å². The Morgan fingerprint density at radius 3 is 1.79 bits per heavy atom. The van der Waals surface area contributed by atoms with E-state index in [0.717, 1.165) is 25.7 Å². The Balaban J connectivity index is 2.51. The predicted molar refractivity (Wildman–Crippen MR) is 61.3 cm³/mol. The molecule has 0 saturated heterocycles. The van der Waals surface area contributed by atoms with E-state index < -0.39 is 0 Å². The van der Waals surface area contributed by atoms with E-state index in [-0.39, 0.29) is 5.60 Å². The number of aliphatic hydroxyl groups is 1. The van der Waals surface area contributed by atoms with E-state index in [1.807, 2.05) is 0 Å². The lowest BCUT2D eigenvalue weighted by atomic mass is 9.65. The molecule has 1 N–H and O–H groups in total. The van der Waals surface area contributed by atoms with Gasteiger partial charge in [0, 0.05) is 0 Å². The van der Waals surface area contributed by atoms with Crippen molar-refractivity contribution in [1.29, 1.82) is 0 Å². The Morgan fingerprint density at radius 1 is 0.929 bits per heavy atom. The van der Waals surface area contributed by atoms with E-state index in [1.54, 1.807) is 0 Å². The first-order valence-electron chi connectivity index (χ1n) is 6.32. The van der Waals surface area contributed by atoms with Crippen LogP contribution in [0.5, 0.6) is 0 Å². The number of hydrogen-bond acceptors (Lipinski definition) is 1. The van der Waals surface area contributed by atoms with Crippen LogP contribution in [0.25, 0.3) is 0 Å². The lowest BCUT2D eigenvalue weighted by Crippen LogP contribution is -2.38. The second-order valence-corrected chi connectivity index (χ2v) is 5.18. The van der Waals surface area contributed by atoms with E-state index in [2.05, 4.69) is 20.8 Å². The van der Waals surface area contributed by atoms with Crippen LogP contribution in [0.15, 0.2) is 0 Å². The van der Waals surface area contributed by atoms with E-state index in [0.29, 0.717) is 5.41 Å². The van der Waals surface area contributed by atoms with Crippen molar-refractivity contribution in [3.8, 4) is 0 Å². The summed E-state index contributed by atoms with van der Waals surface area (Å²) in [6.07, 6.45) is 9.20. The van der Waals surface area contributed by atoms with E-state index in [9.17, 15) is 5.11 Å². The molecule has 0 amide bonds. The molecule has 0 bridgehead atoms. The average molecular weight is 198 g/mol. The molecule has 1 rings (SSSR count). The molecule has 84 valence electrons. The van der Waals surface area contributed by atoms with Crippen LogP contribution in [-0.2, 0) is 0 Å². The minimum Gasteiger partial charge on any atom is -0.390 e. The highest BCUT2D eigenvalue weighted by Gasteiger charge is 2.38. The van der Waals surface area contributed by atoms with Crippen LogP contribution in [0.3, 0.4) is 0 Å². The standard InChI is InChI=1S/C13H26O/c1-4-7-13(14)10-8-12(5-2,6-3)9-11-13/h14H,4-11H2,1-3H3. The van der Waals surface area contributed by atoms with Gasteiger partial charge in [0.25, 0.3) is 0 Å². The number of hydrogen-bond donors (Lipinski definition) is 1. The molecule has 0 aliphatic heterocycles. The van der Waals surface area contributed by atoms with Crippen LogP contribution in [0.1, 0.15) is 72.1 Å². The highest BCUT2D eigenvalue weighted by molar-refractivity contribution is 4.91. The van der Waals surface area contributed by atoms with Gasteiger partial charge >= 0.3 is 0 Å². The van der Waals surface area contributed by atoms with Gasteiger partial charge in [0.15, 0.2) is 0 Å². The largest absolute Gasteiger partial charge is 0.390 e. The number of rotatable bonds is 4. The van der Waals surface area contributed by atoms with Gasteiger partial charge in [-0.25, -0.2) is 0 Å². The smallest absolute Gasteiger partial charge is 0.0648 e. The summed E-state index contributed by atoms with van der Waals surface area (Å²) >= 11 is 0. The second-order valence-electron chi connectivity index (χ2n) is 5.18. The van der Waals surface area contributed by atoms with Crippen molar-refractivity contribution in [2.75, 3.05) is 0 Å². The predicted octanol–water partition coefficient (Wildman–Crippen LogP) is 3.90. The fraction of sp³-hybridized carbons (Fsp3) is 1.00. The topological polar surface area (TPSA) is 20.2 Å². The van der Waals surface area contributed by atoms with Gasteiger partial charge in [-0.15, -0.1) is 0 Å². The third kappa shape index (κ3) is 2.50. The summed E-state index contributed by atoms with van der Waals surface area (Å²) in [5.74, 6) is 0. The average Bonchev–Trinajstić information content (AvgIpc) is 2.20. The highest BCUT2D eigenvalue weighted by Crippen LogP contribution is 2.46. The molecule has 0 spiro atoms. The molecule has 1 aliphatic rings. The normalized spacial score (nSPS) is 24.9. The summed E-state index contributed by atoms with van der Waals surface area (Å²) < 4.78 is 0. The second kappa shape index (κ2) is 4.65. The van der Waals surface area contributed by atoms with Gasteiger partial charge in [0.2, 0.25) is 0 Å². The van der Waals surface area contributed by atoms with Crippen molar-refractivity contribution in [2.24, 2.45) is 5.41 Å². The van der Waals surface area contributed by atoms with Crippen molar-refractivity contribution in [3.63, 3.8) is 0 Å². The zero-order chi connectivity index (χ0) is 10.7. The molecule has 1 heteroatoms. The van der Waals surface area contributed by atoms with E-state index in [1.165, 1.54) is 25.7 Å². The Kier molecular flexibility index (Phi) is 4.00. The fourth-order valence-electron chi connectivity index (χ4n) is 2.92. The first-order chi connectivity index (χ1) is 6.60. The van der Waals surface area contributed by atoms with Crippen LogP contribution in [0.4, 0.5) is 0 Å². The molecule has 0 atom stereocenters. The molecule has 1 aliphatic carbocycles. The third-order valence-corrected chi connectivity index (χ3v) is 4.46. The van der Waals surface area contributed by atoms with Gasteiger partial charge in [-0.1, -0.05) is 40.0 Å². The van der Waals surface area contributed by atoms with Crippen LogP contribution >= 0.6 is 0 Å². The minimum absolute atomic E-state index is 0.317. The Bertz CT molecular complexity index is 160. The SMILES string of the molecule is CCCC1(O)CCC(CC)(CC)CC1. The van der Waals surface area contributed by atoms with Crippen molar-refractivity contribution in [2.45, 2.75) is 77.7 Å². The maximum absolute atomic E-state index is 10.3. The minimum atomic E-state index is -0.317. The van der Waals surface area contributed by atoms with Crippen molar-refractivity contribution < 1.29 is 5.11 Å². The summed E-state index contributed by atoms with van der Waals surface area (Å²) in [6, 6.07) is 0. The molecule has 0 aromatic heterocycles. The summed E-state index contributed by atoms with van der Waals surface area (Å²) in [6.45, 7) is 6.76. The first kappa shape index (κ1) is 12.0. The maximum Gasteiger partial charge on any atom is 0.0648 e. The lowest BCUT2D eigenvalue weighted by Gasteiger charge is -2.43. The van der Waals surface area contributed by atoms with Crippen molar-refractivity contribution >= 4 is 0 Å². The van der Waals surface area contributed by atoms with Gasteiger partial charge in [-0.05, 0) is 37.5 Å². The molecule has 1 nitrogen and oxygen atoms in total. The molecule has 0 aromatic carbocycles. The first-order valence-corrected chi connectivity index (χ1v) is 6.32. The molecule has 0 heterocycles. The van der Waals surface area contributed by atoms with Crippen LogP contribution in [-0.4, -0.2) is 10.7 Å². The van der Waals surface area contributed by atoms with E-state index in [4.69, 9.17) is 0 Å². The maximum atomic E-state index is 10.3. The zero-order valence-corrected chi connectivity index (χ0v) is 10.1. The summed E-state index contributed by atoms with van der Waals surface area (Å²) in [7, 11) is 0. The van der Waals surface area contributed by atoms with Crippen molar-refractivity contribution in [1.82, 2.24) is 0 Å². The lowest BCUT2D eigenvalue weighted by molar-refractivity contribution is -0.0427. The molecular weight excluding hydrogens is 172 g/mol. The third-order valence-electron chi connectivity index (χ3n) is 4.46. The Hall–Kier alpha value is -0.0400. The van der Waals surface area contributed by atoms with Gasteiger partial charge in [0.1, 0.15) is 0 Å². The summed E-state index contributed by atoms with van der Waals surface area (Å²) in [5.41, 5.74) is 0.239. The van der Waals surface area contributed by atoms with Gasteiger partial charge in [0.05, 0.1) is 5.60 Å². The fourth-order valence-corrected chi connectivity index (χ4v) is 2.92.